The van der Waals surface area contributed by atoms with Crippen molar-refractivity contribution >= 4 is 55.2 Å². The zero-order valence-corrected chi connectivity index (χ0v) is 53.4. The number of benzene rings is 1. The van der Waals surface area contributed by atoms with Gasteiger partial charge in [-0.3, -0.25) is 19.2 Å². The summed E-state index contributed by atoms with van der Waals surface area (Å²) in [6.45, 7) is 22.2. The molecule has 4 amide bonds. The first-order valence-corrected chi connectivity index (χ1v) is 29.5. The van der Waals surface area contributed by atoms with Gasteiger partial charge < -0.3 is 87.9 Å². The molecule has 4 rings (SSSR count). The van der Waals surface area contributed by atoms with Crippen LogP contribution in [0.2, 0.25) is 0 Å². The molecule has 494 valence electrons. The predicted molar refractivity (Wildman–Crippen MR) is 331 cm³/mol. The highest BCUT2D eigenvalue weighted by atomic mass is 31.1. The molecule has 3 aliphatic rings. The van der Waals surface area contributed by atoms with Crippen molar-refractivity contribution in [2.75, 3.05) is 46.8 Å². The number of quaternary nitrogens is 1. The lowest BCUT2D eigenvalue weighted by Gasteiger charge is -2.30. The molecule has 1 aliphatic carbocycles. The van der Waals surface area contributed by atoms with Crippen LogP contribution in [-0.2, 0) is 63.3 Å². The number of aliphatic hydroxyl groups excluding tert-OH is 2. The highest BCUT2D eigenvalue weighted by Gasteiger charge is 2.35. The average Bonchev–Trinajstić information content (AvgIpc) is 1.06. The summed E-state index contributed by atoms with van der Waals surface area (Å²) in [6, 6.07) is 1.31. The number of allylic oxidation sites excluding steroid dienone is 6. The topological polar surface area (TPSA) is 413 Å². The first kappa shape index (κ1) is 77.6. The number of carbonyl (C=O) groups is 6. The molecule has 1 aromatic carbocycles. The number of amides is 4. The van der Waals surface area contributed by atoms with E-state index in [1.165, 1.54) is 46.7 Å². The Morgan fingerprint density at radius 1 is 0.775 bits per heavy atom. The third-order valence-electron chi connectivity index (χ3n) is 14.6. The van der Waals surface area contributed by atoms with Gasteiger partial charge in [-0.25, -0.2) is 14.8 Å². The van der Waals surface area contributed by atoms with Crippen molar-refractivity contribution in [3.05, 3.63) is 131 Å². The van der Waals surface area contributed by atoms with Crippen LogP contribution in [0.3, 0.4) is 0 Å². The van der Waals surface area contributed by atoms with E-state index in [0.717, 1.165) is 6.08 Å². The minimum atomic E-state index is -3.04. The van der Waals surface area contributed by atoms with Gasteiger partial charge in [0.05, 0.1) is 53.6 Å². The maximum Gasteiger partial charge on any atom is 0.521 e. The predicted octanol–water partition coefficient (Wildman–Crippen LogP) is 5.08. The summed E-state index contributed by atoms with van der Waals surface area (Å²) in [7, 11) is 2.84. The number of carbonyl (C=O) groups excluding carboxylic acids is 6. The molecule has 27 heteroatoms. The van der Waals surface area contributed by atoms with Crippen molar-refractivity contribution in [3.8, 4) is 11.5 Å². The first-order valence-electron chi connectivity index (χ1n) is 28.4. The Balaban J connectivity index is 0.000000827. The van der Waals surface area contributed by atoms with E-state index in [4.69, 9.17) is 54.6 Å². The Morgan fingerprint density at radius 2 is 1.24 bits per heavy atom. The number of rotatable bonds is 13. The van der Waals surface area contributed by atoms with Crippen molar-refractivity contribution in [3.63, 3.8) is 0 Å². The van der Waals surface area contributed by atoms with Gasteiger partial charge in [0, 0.05) is 80.4 Å². The summed E-state index contributed by atoms with van der Waals surface area (Å²) in [5, 5.41) is 61.6. The normalized spacial score (nSPS) is 29.4. The summed E-state index contributed by atoms with van der Waals surface area (Å²) in [4.78, 5) is 85.0. The second kappa shape index (κ2) is 38.8. The molecule has 0 saturated heterocycles. The summed E-state index contributed by atoms with van der Waals surface area (Å²) in [6.07, 6.45) is 10.1. The Kier molecular flexibility index (Phi) is 33.9. The number of nitrogens with one attached hydrogen (secondary N) is 3. The van der Waals surface area contributed by atoms with Gasteiger partial charge in [-0.2, -0.15) is 0 Å². The second-order valence-electron chi connectivity index (χ2n) is 21.6. The lowest BCUT2D eigenvalue weighted by molar-refractivity contribution is -0.562. The van der Waals surface area contributed by atoms with Crippen LogP contribution in [0.25, 0.3) is 0 Å². The smallest absolute Gasteiger partial charge is 0.521 e. The van der Waals surface area contributed by atoms with Gasteiger partial charge in [0.25, 0.3) is 11.8 Å². The van der Waals surface area contributed by atoms with Crippen LogP contribution >= 0.6 is 8.25 Å². The van der Waals surface area contributed by atoms with E-state index < -0.39 is 104 Å². The molecule has 0 spiro atoms. The van der Waals surface area contributed by atoms with E-state index in [9.17, 15) is 49.2 Å². The molecule has 0 radical (unpaired) electrons. The van der Waals surface area contributed by atoms with Gasteiger partial charge in [-0.1, -0.05) is 89.0 Å². The zero-order chi connectivity index (χ0) is 67.4. The molecule has 89 heavy (non-hydrogen) atoms. The molecular formula is C62H91N6O20P. The third-order valence-corrected chi connectivity index (χ3v) is 14.8. The van der Waals surface area contributed by atoms with Crippen molar-refractivity contribution in [2.45, 2.75) is 130 Å². The third kappa shape index (κ3) is 24.5. The molecule has 4 bridgehead atoms. The Bertz CT molecular complexity index is 2940. The number of ether oxygens (including phenoxy) is 6. The maximum absolute atomic E-state index is 13.5. The largest absolute Gasteiger partial charge is 1.00 e. The number of hydrogen-bond acceptors (Lipinski definition) is 21. The minimum absolute atomic E-state index is 0. The van der Waals surface area contributed by atoms with E-state index in [1.807, 2.05) is 20.8 Å². The Morgan fingerprint density at radius 3 is 1.65 bits per heavy atom. The minimum Gasteiger partial charge on any atom is -1.00 e. The maximum atomic E-state index is 13.5. The van der Waals surface area contributed by atoms with Gasteiger partial charge in [0.2, 0.25) is 11.6 Å². The molecule has 0 aromatic heterocycles. The number of aliphatic hydroxyl groups is 2. The van der Waals surface area contributed by atoms with Crippen molar-refractivity contribution in [1.82, 2.24) is 10.6 Å². The van der Waals surface area contributed by atoms with E-state index in [0.29, 0.717) is 53.8 Å². The molecule has 13 atom stereocenters. The van der Waals surface area contributed by atoms with Crippen LogP contribution < -0.4 is 37.6 Å². The number of fused-ring (bicyclic) bond motifs is 4. The summed E-state index contributed by atoms with van der Waals surface area (Å²) < 4.78 is 44.8. The van der Waals surface area contributed by atoms with Crippen LogP contribution in [0.4, 0.5) is 21.0 Å². The molecule has 2 heterocycles. The van der Waals surface area contributed by atoms with Crippen LogP contribution in [0, 0.1) is 23.7 Å². The highest BCUT2D eigenvalue weighted by molar-refractivity contribution is 7.30. The SMILES string of the molecule is C=CCNC1=C2C[C@@H](C)C[C@H](OC)C(O)[C@@H](C)/C=C(\C)[C@H](OC(N)=O)[C@@H](OC)/C=C\C=C(/C)C(=O)NC(=CC1=O)C2=O.C=CC[NH2+]c1c(O)cc2c(O)c1C[C@@H](C)C[C@H](OC)[C@H](O)[C@@H](C)/C=C(\C)[C@H](OC(N)=O)[C@@H](OC)/C=C\C=C(/C)C(=O)N2.O=[P+]([O-])OO.[H-]. The molecular weight excluding hydrogens is 1180 g/mol. The molecule has 0 saturated carbocycles. The van der Waals surface area contributed by atoms with Crippen molar-refractivity contribution in [1.29, 1.82) is 0 Å². The fraction of sp³-hybridized carbons (Fsp3) is 0.484. The number of hydrogen-bond donors (Lipinski definition) is 11. The van der Waals surface area contributed by atoms with Gasteiger partial charge in [0.1, 0.15) is 18.0 Å². The van der Waals surface area contributed by atoms with Crippen LogP contribution in [-0.4, -0.2) is 152 Å². The zero-order valence-electron chi connectivity index (χ0n) is 53.6. The molecule has 0 fully saturated rings. The van der Waals surface area contributed by atoms with E-state index in [-0.39, 0.29) is 66.0 Å². The number of nitrogens with two attached hydrogens (primary N) is 3. The van der Waals surface area contributed by atoms with E-state index in [1.54, 1.807) is 88.5 Å². The monoisotopic (exact) mass is 1270 g/mol. The average molecular weight is 1270 g/mol. The number of ketones is 2. The number of Topliss-reactive ketones (excluding diaryl/α,β-unsaturated/α-hetero) is 1. The standard InChI is InChI=1S/C31H45N3O8.C31H43N3O8.HO4P.H/c2*1-8-12-33-26-21-13-17(2)14-25(41-7)27(36)19(4)15-20(5)29(42-31(32)39)24(40-6)11-9-10-18(3)30(38)34-22(28(21)37)16-23(26)35;1-4-5(2)3;/h8-11,15-17,19,24-25,27,29,33,35-37H,1,12-14H2,2-7H3,(H2,32,39)(H,34,38);8-11,15-17,19,24-25,27,29,33,36H,1,12-14H2,2-7H3,(H2,32,39)(H,34,38);1H;/q;;;-1/p+1/b2*11-9-,18-10+,20-15+;;/t17-,19+,24+,25+,27-,29+;17-,19+,24+,25+,27?,29+;;/m11../s1. The summed E-state index contributed by atoms with van der Waals surface area (Å²) in [5.41, 5.74) is 13.6. The number of aromatic hydroxyl groups is 2. The van der Waals surface area contributed by atoms with E-state index in [2.05, 4.69) is 33.8 Å². The van der Waals surface area contributed by atoms with Gasteiger partial charge in [-0.15, -0.1) is 6.58 Å². The highest BCUT2D eigenvalue weighted by Crippen LogP contribution is 2.41. The summed E-state index contributed by atoms with van der Waals surface area (Å²) in [5.74, 6) is -3.43. The van der Waals surface area contributed by atoms with Crippen LogP contribution in [0.1, 0.15) is 81.6 Å². The van der Waals surface area contributed by atoms with Crippen molar-refractivity contribution < 1.29 is 104 Å². The lowest BCUT2D eigenvalue weighted by Crippen LogP contribution is -2.78. The Labute approximate surface area is 522 Å². The number of phenolic OH excluding ortho intramolecular Hbond substituents is 2. The van der Waals surface area contributed by atoms with Crippen molar-refractivity contribution in [2.24, 2.45) is 35.1 Å². The molecule has 14 N–H and O–H groups in total. The van der Waals surface area contributed by atoms with Crippen LogP contribution in [0.5, 0.6) is 11.5 Å². The second-order valence-corrected chi connectivity index (χ2v) is 22.3. The molecule has 2 unspecified atom stereocenters. The number of methoxy groups -OCH3 is 4. The fourth-order valence-corrected chi connectivity index (χ4v) is 10.0. The van der Waals surface area contributed by atoms with Gasteiger partial charge >= 0.3 is 20.4 Å². The quantitative estimate of drug-likeness (QED) is 0.0179. The molecule has 26 nitrogen and oxygen atoms in total. The number of anilines is 1. The lowest BCUT2D eigenvalue weighted by atomic mass is 9.85. The van der Waals surface area contributed by atoms with Gasteiger partial charge in [-0.05, 0) is 87.0 Å². The molecule has 2 aliphatic heterocycles. The number of phenols is 2. The first-order chi connectivity index (χ1) is 41.9. The van der Waals surface area contributed by atoms with Crippen LogP contribution in [0.15, 0.2) is 125 Å². The van der Waals surface area contributed by atoms with Gasteiger partial charge in [0.15, 0.2) is 23.6 Å². The van der Waals surface area contributed by atoms with E-state index >= 15 is 0 Å². The molecule has 1 aromatic rings. The fourth-order valence-electron chi connectivity index (χ4n) is 10.0. The Hall–Kier alpha value is -7.46. The summed E-state index contributed by atoms with van der Waals surface area (Å²) >= 11 is 0. The number of primary amides is 2.